The van der Waals surface area contributed by atoms with E-state index in [4.69, 9.17) is 9.72 Å². The van der Waals surface area contributed by atoms with Gasteiger partial charge in [-0.2, -0.15) is 0 Å². The molecule has 2 heterocycles. The molecular formula is C22H21BrN2O3S. The molecule has 150 valence electrons. The Labute approximate surface area is 181 Å². The highest BCUT2D eigenvalue weighted by atomic mass is 79.9. The largest absolute Gasteiger partial charge is 0.376 e. The Balaban J connectivity index is 1.68. The molecule has 0 spiro atoms. The van der Waals surface area contributed by atoms with E-state index < -0.39 is 0 Å². The minimum atomic E-state index is -0.375. The minimum Gasteiger partial charge on any atom is -0.376 e. The average molecular weight is 473 g/mol. The van der Waals surface area contributed by atoms with E-state index in [1.54, 1.807) is 22.8 Å². The number of hydrogen-bond acceptors (Lipinski definition) is 5. The number of thioether (sulfide) groups is 1. The zero-order valence-corrected chi connectivity index (χ0v) is 18.4. The molecule has 7 heteroatoms. The fourth-order valence-electron chi connectivity index (χ4n) is 3.45. The van der Waals surface area contributed by atoms with E-state index in [9.17, 15) is 9.59 Å². The summed E-state index contributed by atoms with van der Waals surface area (Å²) in [6, 6.07) is 14.6. The summed E-state index contributed by atoms with van der Waals surface area (Å²) in [5.74, 6) is 0.00794. The molecule has 0 saturated carbocycles. The van der Waals surface area contributed by atoms with Crippen LogP contribution in [0.1, 0.15) is 30.1 Å². The number of rotatable bonds is 6. The van der Waals surface area contributed by atoms with Crippen LogP contribution in [0.25, 0.3) is 10.9 Å². The standard InChI is InChI=1S/C22H21BrN2O3S/c1-14(20(26)15-8-10-16(23)11-9-15)29-22-24-19-7-3-2-6-18(19)21(27)25(22)13-17-5-4-12-28-17/h2-3,6-11,14,17H,4-5,12-13H2,1H3/t14-,17+/m0/s1. The van der Waals surface area contributed by atoms with E-state index in [1.165, 1.54) is 11.8 Å². The van der Waals surface area contributed by atoms with Crippen molar-refractivity contribution in [3.63, 3.8) is 0 Å². The van der Waals surface area contributed by atoms with Crippen LogP contribution in [-0.4, -0.2) is 33.3 Å². The molecule has 1 aliphatic heterocycles. The van der Waals surface area contributed by atoms with Gasteiger partial charge in [0.25, 0.3) is 5.56 Å². The third-order valence-corrected chi connectivity index (χ3v) is 6.64. The first-order valence-corrected chi connectivity index (χ1v) is 11.3. The number of nitrogens with zero attached hydrogens (tertiary/aromatic N) is 2. The van der Waals surface area contributed by atoms with Gasteiger partial charge in [-0.3, -0.25) is 14.2 Å². The maximum absolute atomic E-state index is 13.2. The minimum absolute atomic E-state index is 0.00694. The van der Waals surface area contributed by atoms with E-state index in [0.29, 0.717) is 28.2 Å². The van der Waals surface area contributed by atoms with Crippen molar-refractivity contribution < 1.29 is 9.53 Å². The highest BCUT2D eigenvalue weighted by Gasteiger charge is 2.23. The van der Waals surface area contributed by atoms with Gasteiger partial charge in [0.2, 0.25) is 0 Å². The SMILES string of the molecule is C[C@H](Sc1nc2ccccc2c(=O)n1C[C@H]1CCCO1)C(=O)c1ccc(Br)cc1. The summed E-state index contributed by atoms with van der Waals surface area (Å²) in [7, 11) is 0. The van der Waals surface area contributed by atoms with Crippen LogP contribution in [-0.2, 0) is 11.3 Å². The van der Waals surface area contributed by atoms with Gasteiger partial charge in [0.1, 0.15) is 0 Å². The Morgan fingerprint density at radius 3 is 2.76 bits per heavy atom. The summed E-state index contributed by atoms with van der Waals surface area (Å²) in [5.41, 5.74) is 1.20. The molecule has 0 amide bonds. The molecule has 0 N–H and O–H groups in total. The monoisotopic (exact) mass is 472 g/mol. The molecule has 1 aromatic heterocycles. The van der Waals surface area contributed by atoms with Crippen molar-refractivity contribution in [2.75, 3.05) is 6.61 Å². The fourth-order valence-corrected chi connectivity index (χ4v) is 4.71. The Kier molecular flexibility index (Phi) is 6.18. The molecule has 1 aliphatic rings. The third-order valence-electron chi connectivity index (χ3n) is 5.02. The smallest absolute Gasteiger partial charge is 0.262 e. The second kappa shape index (κ2) is 8.81. The van der Waals surface area contributed by atoms with Gasteiger partial charge in [-0.25, -0.2) is 4.98 Å². The van der Waals surface area contributed by atoms with Gasteiger partial charge in [-0.05, 0) is 44.0 Å². The van der Waals surface area contributed by atoms with Crippen molar-refractivity contribution in [2.45, 2.75) is 42.8 Å². The first-order valence-electron chi connectivity index (χ1n) is 9.60. The molecule has 2 atom stereocenters. The van der Waals surface area contributed by atoms with Crippen molar-refractivity contribution >= 4 is 44.4 Å². The van der Waals surface area contributed by atoms with E-state index >= 15 is 0 Å². The van der Waals surface area contributed by atoms with Crippen molar-refractivity contribution in [1.29, 1.82) is 0 Å². The maximum Gasteiger partial charge on any atom is 0.262 e. The molecule has 0 radical (unpaired) electrons. The van der Waals surface area contributed by atoms with Crippen LogP contribution in [0.3, 0.4) is 0 Å². The molecule has 1 saturated heterocycles. The number of para-hydroxylation sites is 1. The van der Waals surface area contributed by atoms with E-state index in [0.717, 1.165) is 23.9 Å². The molecule has 2 aromatic carbocycles. The van der Waals surface area contributed by atoms with Crippen molar-refractivity contribution in [1.82, 2.24) is 9.55 Å². The van der Waals surface area contributed by atoms with E-state index in [-0.39, 0.29) is 22.7 Å². The lowest BCUT2D eigenvalue weighted by atomic mass is 10.1. The summed E-state index contributed by atoms with van der Waals surface area (Å²) < 4.78 is 8.35. The Morgan fingerprint density at radius 2 is 2.03 bits per heavy atom. The van der Waals surface area contributed by atoms with Gasteiger partial charge in [-0.15, -0.1) is 0 Å². The topological polar surface area (TPSA) is 61.2 Å². The summed E-state index contributed by atoms with van der Waals surface area (Å²) in [6.45, 7) is 3.03. The van der Waals surface area contributed by atoms with Crippen molar-refractivity contribution in [2.24, 2.45) is 0 Å². The Bertz CT molecular complexity index is 1090. The van der Waals surface area contributed by atoms with Crippen LogP contribution in [0, 0.1) is 0 Å². The maximum atomic E-state index is 13.2. The lowest BCUT2D eigenvalue weighted by Crippen LogP contribution is -2.29. The zero-order chi connectivity index (χ0) is 20.4. The van der Waals surface area contributed by atoms with E-state index in [2.05, 4.69) is 15.9 Å². The number of carbonyl (C=O) groups excluding carboxylic acids is 1. The first-order chi connectivity index (χ1) is 14.0. The van der Waals surface area contributed by atoms with Gasteiger partial charge in [0.15, 0.2) is 10.9 Å². The van der Waals surface area contributed by atoms with Crippen LogP contribution in [0.2, 0.25) is 0 Å². The summed E-state index contributed by atoms with van der Waals surface area (Å²) in [4.78, 5) is 30.8. The van der Waals surface area contributed by atoms with Crippen molar-refractivity contribution in [3.8, 4) is 0 Å². The molecular weight excluding hydrogens is 452 g/mol. The van der Waals surface area contributed by atoms with Crippen LogP contribution in [0.5, 0.6) is 0 Å². The molecule has 5 nitrogen and oxygen atoms in total. The number of carbonyl (C=O) groups is 1. The van der Waals surface area contributed by atoms with E-state index in [1.807, 2.05) is 37.3 Å². The number of fused-ring (bicyclic) bond motifs is 1. The van der Waals surface area contributed by atoms with Gasteiger partial charge in [-0.1, -0.05) is 52.0 Å². The fraction of sp³-hybridized carbons (Fsp3) is 0.318. The lowest BCUT2D eigenvalue weighted by Gasteiger charge is -2.18. The molecule has 3 aromatic rings. The second-order valence-electron chi connectivity index (χ2n) is 7.09. The highest BCUT2D eigenvalue weighted by molar-refractivity contribution is 9.10. The molecule has 4 rings (SSSR count). The molecule has 1 fully saturated rings. The molecule has 0 bridgehead atoms. The lowest BCUT2D eigenvalue weighted by molar-refractivity contribution is 0.0937. The number of ketones is 1. The number of halogens is 1. The van der Waals surface area contributed by atoms with Gasteiger partial charge < -0.3 is 4.74 Å². The van der Waals surface area contributed by atoms with Crippen LogP contribution >= 0.6 is 27.7 Å². The Morgan fingerprint density at radius 1 is 1.28 bits per heavy atom. The van der Waals surface area contributed by atoms with Crippen LogP contribution in [0.15, 0.2) is 63.0 Å². The quantitative estimate of drug-likeness (QED) is 0.295. The highest BCUT2D eigenvalue weighted by Crippen LogP contribution is 2.26. The number of ether oxygens (including phenoxy) is 1. The third kappa shape index (κ3) is 4.47. The predicted molar refractivity (Wildman–Crippen MR) is 119 cm³/mol. The number of Topliss-reactive ketones (excluding diaryl/α,β-unsaturated/α-hetero) is 1. The van der Waals surface area contributed by atoms with Gasteiger partial charge in [0, 0.05) is 16.6 Å². The predicted octanol–water partition coefficient (Wildman–Crippen LogP) is 4.70. The number of aromatic nitrogens is 2. The summed E-state index contributed by atoms with van der Waals surface area (Å²) in [6.07, 6.45) is 1.94. The molecule has 29 heavy (non-hydrogen) atoms. The summed E-state index contributed by atoms with van der Waals surface area (Å²) in [5, 5.41) is 0.767. The number of benzene rings is 2. The zero-order valence-electron chi connectivity index (χ0n) is 16.0. The second-order valence-corrected chi connectivity index (χ2v) is 9.32. The van der Waals surface area contributed by atoms with Crippen LogP contribution in [0.4, 0.5) is 0 Å². The Hall–Kier alpha value is -1.96. The summed E-state index contributed by atoms with van der Waals surface area (Å²) >= 11 is 4.72. The molecule has 0 unspecified atom stereocenters. The van der Waals surface area contributed by atoms with Gasteiger partial charge in [0.05, 0.1) is 28.8 Å². The molecule has 0 aliphatic carbocycles. The number of hydrogen-bond donors (Lipinski definition) is 0. The van der Waals surface area contributed by atoms with Gasteiger partial charge >= 0.3 is 0 Å². The first kappa shape index (κ1) is 20.3. The van der Waals surface area contributed by atoms with Crippen LogP contribution < -0.4 is 5.56 Å². The van der Waals surface area contributed by atoms with Crippen molar-refractivity contribution in [3.05, 3.63) is 68.9 Å². The average Bonchev–Trinajstić information content (AvgIpc) is 3.24. The normalized spacial score (nSPS) is 17.5.